The quantitative estimate of drug-likeness (QED) is 0.851. The van der Waals surface area contributed by atoms with Crippen LogP contribution in [-0.4, -0.2) is 19.6 Å². The molecule has 0 bridgehead atoms. The zero-order chi connectivity index (χ0) is 11.7. The average Bonchev–Trinajstić information content (AvgIpc) is 2.82. The van der Waals surface area contributed by atoms with Crippen LogP contribution in [0.2, 0.25) is 0 Å². The summed E-state index contributed by atoms with van der Waals surface area (Å²) in [6.07, 6.45) is 8.13. The lowest BCUT2D eigenvalue weighted by molar-refractivity contribution is 0.281. The molecular formula is C13H15N3O. The molecule has 88 valence electrons. The van der Waals surface area contributed by atoms with E-state index in [2.05, 4.69) is 9.97 Å². The molecular weight excluding hydrogens is 214 g/mol. The summed E-state index contributed by atoms with van der Waals surface area (Å²) in [7, 11) is 0. The molecule has 1 N–H and O–H groups in total. The zero-order valence-corrected chi connectivity index (χ0v) is 9.63. The highest BCUT2D eigenvalue weighted by Gasteiger charge is 2.17. The van der Waals surface area contributed by atoms with Crippen LogP contribution in [-0.2, 0) is 19.4 Å². The van der Waals surface area contributed by atoms with Gasteiger partial charge in [-0.1, -0.05) is 6.07 Å². The summed E-state index contributed by atoms with van der Waals surface area (Å²) >= 11 is 0. The molecule has 0 spiro atoms. The normalized spacial score (nSPS) is 14.6. The van der Waals surface area contributed by atoms with Crippen molar-refractivity contribution in [2.24, 2.45) is 0 Å². The number of hydrogen-bond donors (Lipinski definition) is 1. The number of fused-ring (bicyclic) bond motifs is 1. The lowest BCUT2D eigenvalue weighted by Gasteiger charge is -2.14. The third-order valence-electron chi connectivity index (χ3n) is 3.30. The van der Waals surface area contributed by atoms with Crippen molar-refractivity contribution < 1.29 is 5.11 Å². The minimum Gasteiger partial charge on any atom is -0.392 e. The van der Waals surface area contributed by atoms with Gasteiger partial charge >= 0.3 is 0 Å². The SMILES string of the molecule is OCc1cccnc1-n1cnc2c1CCCC2. The van der Waals surface area contributed by atoms with Crippen molar-refractivity contribution in [2.45, 2.75) is 32.3 Å². The van der Waals surface area contributed by atoms with Gasteiger partial charge in [0.05, 0.1) is 12.3 Å². The van der Waals surface area contributed by atoms with Crippen LogP contribution >= 0.6 is 0 Å². The molecule has 0 saturated carbocycles. The van der Waals surface area contributed by atoms with Crippen LogP contribution in [0.4, 0.5) is 0 Å². The maximum Gasteiger partial charge on any atom is 0.143 e. The van der Waals surface area contributed by atoms with Crippen molar-refractivity contribution >= 4 is 0 Å². The fraction of sp³-hybridized carbons (Fsp3) is 0.385. The van der Waals surface area contributed by atoms with E-state index in [9.17, 15) is 5.11 Å². The first-order chi connectivity index (χ1) is 8.40. The Morgan fingerprint density at radius 1 is 1.24 bits per heavy atom. The van der Waals surface area contributed by atoms with Gasteiger partial charge in [-0.05, 0) is 31.7 Å². The molecule has 17 heavy (non-hydrogen) atoms. The Morgan fingerprint density at radius 2 is 2.12 bits per heavy atom. The molecule has 0 aliphatic heterocycles. The summed E-state index contributed by atoms with van der Waals surface area (Å²) in [4.78, 5) is 8.81. The molecule has 4 heteroatoms. The van der Waals surface area contributed by atoms with Gasteiger partial charge in [0.25, 0.3) is 0 Å². The van der Waals surface area contributed by atoms with Gasteiger partial charge in [0.15, 0.2) is 0 Å². The summed E-state index contributed by atoms with van der Waals surface area (Å²) < 4.78 is 2.03. The number of aryl methyl sites for hydroxylation is 1. The number of imidazole rings is 1. The second-order valence-electron chi connectivity index (χ2n) is 4.36. The second kappa shape index (κ2) is 4.30. The minimum atomic E-state index is 0.0100. The van der Waals surface area contributed by atoms with E-state index in [-0.39, 0.29) is 6.61 Å². The molecule has 1 aliphatic rings. The molecule has 4 nitrogen and oxygen atoms in total. The van der Waals surface area contributed by atoms with Gasteiger partial charge in [0.2, 0.25) is 0 Å². The van der Waals surface area contributed by atoms with Crippen molar-refractivity contribution in [1.82, 2.24) is 14.5 Å². The molecule has 2 heterocycles. The number of rotatable bonds is 2. The van der Waals surface area contributed by atoms with E-state index in [4.69, 9.17) is 0 Å². The molecule has 0 amide bonds. The van der Waals surface area contributed by atoms with E-state index < -0.39 is 0 Å². The molecule has 0 saturated heterocycles. The van der Waals surface area contributed by atoms with Crippen molar-refractivity contribution in [3.8, 4) is 5.82 Å². The van der Waals surface area contributed by atoms with Gasteiger partial charge in [-0.2, -0.15) is 0 Å². The Hall–Kier alpha value is -1.68. The summed E-state index contributed by atoms with van der Waals surface area (Å²) in [6.45, 7) is 0.0100. The first-order valence-electron chi connectivity index (χ1n) is 6.00. The largest absolute Gasteiger partial charge is 0.392 e. The summed E-state index contributed by atoms with van der Waals surface area (Å²) in [6, 6.07) is 3.75. The van der Waals surface area contributed by atoms with Gasteiger partial charge in [-0.15, -0.1) is 0 Å². The number of aliphatic hydroxyl groups is 1. The Kier molecular flexibility index (Phi) is 2.65. The lowest BCUT2D eigenvalue weighted by atomic mass is 10.0. The average molecular weight is 229 g/mol. The fourth-order valence-corrected chi connectivity index (χ4v) is 2.42. The van der Waals surface area contributed by atoms with Gasteiger partial charge in [-0.3, -0.25) is 4.57 Å². The number of aromatic nitrogens is 3. The molecule has 0 unspecified atom stereocenters. The molecule has 0 radical (unpaired) electrons. The summed E-state index contributed by atoms with van der Waals surface area (Å²) in [5.74, 6) is 0.811. The van der Waals surface area contributed by atoms with Crippen LogP contribution in [0.25, 0.3) is 5.82 Å². The molecule has 0 atom stereocenters. The van der Waals surface area contributed by atoms with Gasteiger partial charge in [-0.25, -0.2) is 9.97 Å². The Morgan fingerprint density at radius 3 is 3.00 bits per heavy atom. The van der Waals surface area contributed by atoms with Crippen LogP contribution in [0.15, 0.2) is 24.7 Å². The van der Waals surface area contributed by atoms with Gasteiger partial charge in [0.1, 0.15) is 12.1 Å². The monoisotopic (exact) mass is 229 g/mol. The van der Waals surface area contributed by atoms with Crippen molar-refractivity contribution in [3.63, 3.8) is 0 Å². The van der Waals surface area contributed by atoms with Crippen LogP contribution in [0.5, 0.6) is 0 Å². The van der Waals surface area contributed by atoms with Crippen molar-refractivity contribution in [1.29, 1.82) is 0 Å². The highest BCUT2D eigenvalue weighted by molar-refractivity contribution is 5.36. The number of aliphatic hydroxyl groups excluding tert-OH is 1. The van der Waals surface area contributed by atoms with Gasteiger partial charge < -0.3 is 5.11 Å². The molecule has 0 fully saturated rings. The van der Waals surface area contributed by atoms with Crippen LogP contribution in [0.3, 0.4) is 0 Å². The fourth-order valence-electron chi connectivity index (χ4n) is 2.42. The predicted molar refractivity (Wildman–Crippen MR) is 63.9 cm³/mol. The summed E-state index contributed by atoms with van der Waals surface area (Å²) in [5.41, 5.74) is 3.29. The molecule has 2 aromatic heterocycles. The highest BCUT2D eigenvalue weighted by atomic mass is 16.3. The van der Waals surface area contributed by atoms with E-state index in [1.54, 1.807) is 6.20 Å². The Balaban J connectivity index is 2.12. The van der Waals surface area contributed by atoms with E-state index in [1.807, 2.05) is 23.0 Å². The Labute approximate surface area is 100.0 Å². The smallest absolute Gasteiger partial charge is 0.143 e. The van der Waals surface area contributed by atoms with E-state index in [0.717, 1.165) is 24.2 Å². The van der Waals surface area contributed by atoms with Crippen molar-refractivity contribution in [2.75, 3.05) is 0 Å². The van der Waals surface area contributed by atoms with E-state index in [0.29, 0.717) is 0 Å². The summed E-state index contributed by atoms with van der Waals surface area (Å²) in [5, 5.41) is 9.35. The third-order valence-corrected chi connectivity index (χ3v) is 3.30. The number of nitrogens with zero attached hydrogens (tertiary/aromatic N) is 3. The number of pyridine rings is 1. The molecule has 3 rings (SSSR count). The van der Waals surface area contributed by atoms with Crippen LogP contribution in [0.1, 0.15) is 29.8 Å². The maximum absolute atomic E-state index is 9.35. The number of hydrogen-bond acceptors (Lipinski definition) is 3. The zero-order valence-electron chi connectivity index (χ0n) is 9.63. The van der Waals surface area contributed by atoms with Crippen LogP contribution in [0, 0.1) is 0 Å². The Bertz CT molecular complexity index is 533. The van der Waals surface area contributed by atoms with Gasteiger partial charge in [0, 0.05) is 17.5 Å². The van der Waals surface area contributed by atoms with Crippen molar-refractivity contribution in [3.05, 3.63) is 41.6 Å². The van der Waals surface area contributed by atoms with E-state index >= 15 is 0 Å². The standard InChI is InChI=1S/C13H15N3O/c17-8-10-4-3-7-14-13(10)16-9-15-11-5-1-2-6-12(11)16/h3-4,7,9,17H,1-2,5-6,8H2. The molecule has 1 aliphatic carbocycles. The first-order valence-corrected chi connectivity index (χ1v) is 6.00. The second-order valence-corrected chi connectivity index (χ2v) is 4.36. The lowest BCUT2D eigenvalue weighted by Crippen LogP contribution is -2.09. The molecule has 2 aromatic rings. The highest BCUT2D eigenvalue weighted by Crippen LogP contribution is 2.23. The van der Waals surface area contributed by atoms with Crippen LogP contribution < -0.4 is 0 Å². The van der Waals surface area contributed by atoms with E-state index in [1.165, 1.54) is 24.2 Å². The predicted octanol–water partition coefficient (Wildman–Crippen LogP) is 1.64. The third kappa shape index (κ3) is 1.74. The molecule has 0 aromatic carbocycles. The first kappa shape index (κ1) is 10.5. The minimum absolute atomic E-state index is 0.0100. The topological polar surface area (TPSA) is 50.9 Å². The maximum atomic E-state index is 9.35.